The number of halogens is 1. The number of hydrogen-bond acceptors (Lipinski definition) is 3. The summed E-state index contributed by atoms with van der Waals surface area (Å²) in [7, 11) is 0. The Labute approximate surface area is 88.7 Å². The summed E-state index contributed by atoms with van der Waals surface area (Å²) in [5, 5.41) is 9.04. The van der Waals surface area contributed by atoms with E-state index in [1.165, 1.54) is 0 Å². The maximum atomic E-state index is 9.04. The van der Waals surface area contributed by atoms with Gasteiger partial charge in [0.05, 0.1) is 6.20 Å². The molecule has 0 aliphatic carbocycles. The third-order valence-electron chi connectivity index (χ3n) is 1.57. The van der Waals surface area contributed by atoms with E-state index in [4.69, 9.17) is 9.84 Å². The Morgan fingerprint density at radius 3 is 2.57 bits per heavy atom. The number of imidazole rings is 1. The van der Waals surface area contributed by atoms with Gasteiger partial charge in [-0.25, -0.2) is 4.98 Å². The Balaban J connectivity index is 2.15. The van der Waals surface area contributed by atoms with E-state index in [9.17, 15) is 0 Å². The molecule has 14 heavy (non-hydrogen) atoms. The second-order valence-corrected chi connectivity index (χ2v) is 3.49. The van der Waals surface area contributed by atoms with Crippen molar-refractivity contribution in [3.05, 3.63) is 35.1 Å². The van der Waals surface area contributed by atoms with Crippen molar-refractivity contribution in [2.75, 3.05) is 0 Å². The van der Waals surface area contributed by atoms with E-state index in [1.807, 2.05) is 0 Å². The van der Waals surface area contributed by atoms with Gasteiger partial charge in [-0.15, -0.1) is 0 Å². The van der Waals surface area contributed by atoms with Crippen molar-refractivity contribution in [2.45, 2.75) is 0 Å². The molecule has 0 fully saturated rings. The zero-order chi connectivity index (χ0) is 9.97. The van der Waals surface area contributed by atoms with Gasteiger partial charge in [-0.1, -0.05) is 0 Å². The predicted octanol–water partition coefficient (Wildman–Crippen LogP) is 2.67. The zero-order valence-electron chi connectivity index (χ0n) is 7.07. The average Bonchev–Trinajstić information content (AvgIpc) is 2.56. The fourth-order valence-corrected chi connectivity index (χ4v) is 1.23. The predicted molar refractivity (Wildman–Crippen MR) is 54.5 cm³/mol. The highest BCUT2D eigenvalue weighted by molar-refractivity contribution is 9.10. The molecule has 0 aliphatic heterocycles. The molecule has 1 heterocycles. The van der Waals surface area contributed by atoms with E-state index in [2.05, 4.69) is 25.9 Å². The molecule has 0 unspecified atom stereocenters. The number of aromatic hydroxyl groups is 1. The summed E-state index contributed by atoms with van der Waals surface area (Å²) in [5.74, 6) is 0.822. The Morgan fingerprint density at radius 2 is 2.00 bits per heavy atom. The molecule has 1 aromatic heterocycles. The summed E-state index contributed by atoms with van der Waals surface area (Å²) in [6, 6.07) is 6.82. The summed E-state index contributed by atoms with van der Waals surface area (Å²) >= 11 is 3.22. The molecule has 0 amide bonds. The van der Waals surface area contributed by atoms with Crippen LogP contribution in [0.2, 0.25) is 0 Å². The number of ether oxygens (including phenoxy) is 1. The van der Waals surface area contributed by atoms with Gasteiger partial charge in [0, 0.05) is 0 Å². The largest absolute Gasteiger partial charge is 0.508 e. The molecule has 2 N–H and O–H groups in total. The Hall–Kier alpha value is -1.49. The summed E-state index contributed by atoms with van der Waals surface area (Å²) in [5.41, 5.74) is 0. The highest BCUT2D eigenvalue weighted by Gasteiger charge is 2.00. The molecule has 5 heteroatoms. The first-order chi connectivity index (χ1) is 6.74. The number of aromatic amines is 1. The fraction of sp³-hybridized carbons (Fsp3) is 0. The van der Waals surface area contributed by atoms with Crippen molar-refractivity contribution in [1.82, 2.24) is 9.97 Å². The summed E-state index contributed by atoms with van der Waals surface area (Å²) in [6.07, 6.45) is 1.61. The van der Waals surface area contributed by atoms with Crippen molar-refractivity contribution in [3.63, 3.8) is 0 Å². The van der Waals surface area contributed by atoms with E-state index in [1.54, 1.807) is 30.5 Å². The third kappa shape index (κ3) is 2.05. The molecule has 4 nitrogen and oxygen atoms in total. The molecule has 2 aromatic rings. The minimum absolute atomic E-state index is 0.206. The Kier molecular flexibility index (Phi) is 2.41. The minimum Gasteiger partial charge on any atom is -0.508 e. The van der Waals surface area contributed by atoms with Crippen molar-refractivity contribution in [1.29, 1.82) is 0 Å². The van der Waals surface area contributed by atoms with Crippen LogP contribution in [-0.2, 0) is 0 Å². The lowest BCUT2D eigenvalue weighted by atomic mass is 10.3. The standard InChI is InChI=1S/C9H7BrN2O2/c10-8-5-11-9(12-8)14-7-3-1-6(13)2-4-7/h1-5,13H,(H,11,12). The monoisotopic (exact) mass is 254 g/mol. The molecule has 72 valence electrons. The number of nitrogens with one attached hydrogen (secondary N) is 1. The number of nitrogens with zero attached hydrogens (tertiary/aromatic N) is 1. The molecule has 1 aromatic carbocycles. The maximum absolute atomic E-state index is 9.04. The third-order valence-corrected chi connectivity index (χ3v) is 1.98. The van der Waals surface area contributed by atoms with Crippen molar-refractivity contribution in [2.24, 2.45) is 0 Å². The minimum atomic E-state index is 0.206. The smallest absolute Gasteiger partial charge is 0.299 e. The number of rotatable bonds is 2. The quantitative estimate of drug-likeness (QED) is 0.867. The second-order valence-electron chi connectivity index (χ2n) is 2.63. The topological polar surface area (TPSA) is 58.1 Å². The lowest BCUT2D eigenvalue weighted by molar-refractivity contribution is 0.442. The van der Waals surface area contributed by atoms with Gasteiger partial charge >= 0.3 is 0 Å². The van der Waals surface area contributed by atoms with Crippen LogP contribution in [-0.4, -0.2) is 15.1 Å². The lowest BCUT2D eigenvalue weighted by Crippen LogP contribution is -1.84. The molecule has 0 bridgehead atoms. The van der Waals surface area contributed by atoms with E-state index < -0.39 is 0 Å². The first-order valence-electron chi connectivity index (χ1n) is 3.91. The average molecular weight is 255 g/mol. The molecule has 0 saturated heterocycles. The maximum Gasteiger partial charge on any atom is 0.299 e. The summed E-state index contributed by atoms with van der Waals surface area (Å²) in [4.78, 5) is 6.81. The molecule has 0 radical (unpaired) electrons. The molecule has 0 spiro atoms. The molecular formula is C9H7BrN2O2. The molecule has 0 atom stereocenters. The van der Waals surface area contributed by atoms with Gasteiger partial charge in [0.25, 0.3) is 6.01 Å². The van der Waals surface area contributed by atoms with Crippen LogP contribution in [0.3, 0.4) is 0 Å². The van der Waals surface area contributed by atoms with Gasteiger partial charge in [0.15, 0.2) is 0 Å². The molecule has 0 saturated carbocycles. The van der Waals surface area contributed by atoms with Gasteiger partial charge in [0.1, 0.15) is 16.1 Å². The summed E-state index contributed by atoms with van der Waals surface area (Å²) < 4.78 is 6.10. The van der Waals surface area contributed by atoms with Crippen LogP contribution in [0, 0.1) is 0 Å². The molecule has 2 rings (SSSR count). The number of H-pyrrole nitrogens is 1. The van der Waals surface area contributed by atoms with Crippen LogP contribution in [0.4, 0.5) is 0 Å². The number of phenols is 1. The van der Waals surface area contributed by atoms with Gasteiger partial charge in [-0.05, 0) is 40.2 Å². The first-order valence-corrected chi connectivity index (χ1v) is 4.71. The first kappa shape index (κ1) is 9.08. The number of aromatic nitrogens is 2. The SMILES string of the molecule is Oc1ccc(Oc2ncc(Br)[nH]2)cc1. The van der Waals surface area contributed by atoms with Crippen molar-refractivity contribution in [3.8, 4) is 17.5 Å². The number of phenolic OH excluding ortho intramolecular Hbond substituents is 1. The van der Waals surface area contributed by atoms with Gasteiger partial charge in [-0.3, -0.25) is 0 Å². The second kappa shape index (κ2) is 3.71. The van der Waals surface area contributed by atoms with Crippen LogP contribution < -0.4 is 4.74 Å². The van der Waals surface area contributed by atoms with Gasteiger partial charge in [0.2, 0.25) is 0 Å². The molecule has 0 aliphatic rings. The zero-order valence-corrected chi connectivity index (χ0v) is 8.65. The highest BCUT2D eigenvalue weighted by atomic mass is 79.9. The summed E-state index contributed by atoms with van der Waals surface area (Å²) in [6.45, 7) is 0. The van der Waals surface area contributed by atoms with Crippen LogP contribution in [0.25, 0.3) is 0 Å². The van der Waals surface area contributed by atoms with E-state index >= 15 is 0 Å². The Morgan fingerprint density at radius 1 is 1.29 bits per heavy atom. The highest BCUT2D eigenvalue weighted by Crippen LogP contribution is 2.21. The number of benzene rings is 1. The van der Waals surface area contributed by atoms with E-state index in [0.29, 0.717) is 11.8 Å². The Bertz CT molecular complexity index is 425. The van der Waals surface area contributed by atoms with Crippen LogP contribution >= 0.6 is 15.9 Å². The molecular weight excluding hydrogens is 248 g/mol. The van der Waals surface area contributed by atoms with Gasteiger partial charge in [-0.2, -0.15) is 0 Å². The normalized spacial score (nSPS) is 10.1. The van der Waals surface area contributed by atoms with E-state index in [0.717, 1.165) is 4.60 Å². The van der Waals surface area contributed by atoms with Gasteiger partial charge < -0.3 is 14.8 Å². The van der Waals surface area contributed by atoms with Crippen LogP contribution in [0.5, 0.6) is 17.5 Å². The fourth-order valence-electron chi connectivity index (χ4n) is 0.960. The van der Waals surface area contributed by atoms with Crippen LogP contribution in [0.15, 0.2) is 35.1 Å². The number of hydrogen-bond donors (Lipinski definition) is 2. The van der Waals surface area contributed by atoms with E-state index in [-0.39, 0.29) is 5.75 Å². The van der Waals surface area contributed by atoms with Crippen molar-refractivity contribution >= 4 is 15.9 Å². The van der Waals surface area contributed by atoms with Crippen molar-refractivity contribution < 1.29 is 9.84 Å². The van der Waals surface area contributed by atoms with Crippen LogP contribution in [0.1, 0.15) is 0 Å². The lowest BCUT2D eigenvalue weighted by Gasteiger charge is -2.00.